The van der Waals surface area contributed by atoms with E-state index in [1.165, 1.54) is 23.8 Å². The predicted octanol–water partition coefficient (Wildman–Crippen LogP) is -1.22. The van der Waals surface area contributed by atoms with Crippen molar-refractivity contribution in [3.05, 3.63) is 58.6 Å². The normalized spacial score (nSPS) is 19.3. The number of nitrogens with one attached hydrogen (secondary N) is 1. The number of nitrogens with zero attached hydrogens (tertiary/aromatic N) is 6. The van der Waals surface area contributed by atoms with Crippen LogP contribution in [0.25, 0.3) is 5.65 Å². The van der Waals surface area contributed by atoms with Gasteiger partial charge in [0.15, 0.2) is 16.5 Å². The summed E-state index contributed by atoms with van der Waals surface area (Å²) in [5.41, 5.74) is 8.04. The number of aliphatic carboxylic acids is 1. The molecular formula is C24H26N8O5S2. The minimum atomic E-state index is -1.44. The van der Waals surface area contributed by atoms with Crippen LogP contribution in [0, 0.1) is 0 Å². The van der Waals surface area contributed by atoms with Crippen LogP contribution in [0.5, 0.6) is 0 Å². The largest absolute Gasteiger partial charge is 0.543 e. The lowest BCUT2D eigenvalue weighted by atomic mass is 10.0. The van der Waals surface area contributed by atoms with E-state index in [2.05, 4.69) is 15.5 Å². The van der Waals surface area contributed by atoms with Crippen LogP contribution in [0.2, 0.25) is 0 Å². The summed E-state index contributed by atoms with van der Waals surface area (Å²) in [6, 6.07) is 4.85. The fraction of sp³-hybridized carbons (Fsp3) is 0.333. The molecule has 1 fully saturated rings. The van der Waals surface area contributed by atoms with E-state index in [0.29, 0.717) is 17.9 Å². The molecular weight excluding hydrogens is 544 g/mol. The average molecular weight is 571 g/mol. The number of hydrogen-bond donors (Lipinski definition) is 2. The van der Waals surface area contributed by atoms with Crippen LogP contribution in [0.15, 0.2) is 52.4 Å². The zero-order chi connectivity index (χ0) is 27.8. The van der Waals surface area contributed by atoms with Crippen molar-refractivity contribution in [1.82, 2.24) is 24.7 Å². The van der Waals surface area contributed by atoms with Crippen molar-refractivity contribution in [2.75, 3.05) is 32.7 Å². The second-order valence-corrected chi connectivity index (χ2v) is 11.2. The minimum absolute atomic E-state index is 0.139. The van der Waals surface area contributed by atoms with Crippen molar-refractivity contribution in [2.45, 2.75) is 24.5 Å². The van der Waals surface area contributed by atoms with E-state index in [-0.39, 0.29) is 28.8 Å². The van der Waals surface area contributed by atoms with Crippen molar-refractivity contribution in [3.8, 4) is 0 Å². The lowest BCUT2D eigenvalue weighted by Gasteiger charge is -2.50. The van der Waals surface area contributed by atoms with E-state index < -0.39 is 29.2 Å². The number of imidazole rings is 1. The van der Waals surface area contributed by atoms with E-state index in [0.717, 1.165) is 22.7 Å². The number of thiazole rings is 1. The molecule has 15 heteroatoms. The van der Waals surface area contributed by atoms with Crippen molar-refractivity contribution in [2.24, 2.45) is 5.16 Å². The lowest BCUT2D eigenvalue weighted by Crippen LogP contribution is -2.71. The van der Waals surface area contributed by atoms with Gasteiger partial charge in [0, 0.05) is 22.8 Å². The maximum absolute atomic E-state index is 13.2. The maximum atomic E-state index is 13.2. The molecule has 1 saturated heterocycles. The molecule has 2 atom stereocenters. The minimum Gasteiger partial charge on any atom is -0.543 e. The molecule has 0 aromatic carbocycles. The Morgan fingerprint density at radius 3 is 2.85 bits per heavy atom. The van der Waals surface area contributed by atoms with Crippen molar-refractivity contribution < 1.29 is 28.7 Å². The van der Waals surface area contributed by atoms with Crippen LogP contribution in [0.3, 0.4) is 0 Å². The number of rotatable bonds is 9. The van der Waals surface area contributed by atoms with Crippen molar-refractivity contribution in [3.63, 3.8) is 0 Å². The van der Waals surface area contributed by atoms with Crippen LogP contribution in [0.1, 0.15) is 11.4 Å². The molecule has 3 aromatic heterocycles. The van der Waals surface area contributed by atoms with Gasteiger partial charge in [-0.3, -0.25) is 14.5 Å². The summed E-state index contributed by atoms with van der Waals surface area (Å²) in [6.07, 6.45) is 3.94. The van der Waals surface area contributed by atoms with Crippen LogP contribution >= 0.6 is 23.1 Å². The first-order valence-corrected chi connectivity index (χ1v) is 13.8. The van der Waals surface area contributed by atoms with Crippen LogP contribution in [0.4, 0.5) is 5.13 Å². The molecule has 13 nitrogen and oxygen atoms in total. The van der Waals surface area contributed by atoms with E-state index in [4.69, 9.17) is 10.6 Å². The summed E-state index contributed by atoms with van der Waals surface area (Å²) in [4.78, 5) is 50.5. The summed E-state index contributed by atoms with van der Waals surface area (Å²) < 4.78 is 4.02. The third-order valence-corrected chi connectivity index (χ3v) is 8.29. The number of nitrogen functional groups attached to an aromatic ring is 1. The third kappa shape index (κ3) is 4.95. The topological polar surface area (TPSA) is 162 Å². The molecule has 0 aliphatic carbocycles. The number of hydrogen-bond acceptors (Lipinski definition) is 11. The first-order valence-electron chi connectivity index (χ1n) is 11.8. The first-order chi connectivity index (χ1) is 18.7. The number of thioether (sulfide) groups is 1. The van der Waals surface area contributed by atoms with Gasteiger partial charge >= 0.3 is 0 Å². The number of fused-ring (bicyclic) bond motifs is 2. The van der Waals surface area contributed by atoms with E-state index in [9.17, 15) is 19.5 Å². The van der Waals surface area contributed by atoms with E-state index in [1.807, 2.05) is 58.6 Å². The smallest absolute Gasteiger partial charge is 0.286 e. The van der Waals surface area contributed by atoms with Gasteiger partial charge in [-0.1, -0.05) is 11.2 Å². The van der Waals surface area contributed by atoms with E-state index >= 15 is 0 Å². The Labute approximate surface area is 231 Å². The van der Waals surface area contributed by atoms with Gasteiger partial charge in [-0.05, 0) is 20.2 Å². The molecule has 5 heterocycles. The zero-order valence-corrected chi connectivity index (χ0v) is 23.0. The molecule has 0 radical (unpaired) electrons. The molecule has 5 rings (SSSR count). The Kier molecular flexibility index (Phi) is 7.29. The fourth-order valence-corrected chi connectivity index (χ4v) is 6.57. The molecule has 39 heavy (non-hydrogen) atoms. The van der Waals surface area contributed by atoms with Gasteiger partial charge in [0.25, 0.3) is 17.5 Å². The Balaban J connectivity index is 1.39. The van der Waals surface area contributed by atoms with Crippen molar-refractivity contribution >= 4 is 57.4 Å². The van der Waals surface area contributed by atoms with E-state index in [1.54, 1.807) is 5.38 Å². The van der Waals surface area contributed by atoms with Crippen LogP contribution in [-0.4, -0.2) is 81.2 Å². The number of nitrogens with two attached hydrogens (primary N) is 1. The Morgan fingerprint density at radius 2 is 2.18 bits per heavy atom. The quantitative estimate of drug-likeness (QED) is 0.139. The number of carbonyl (C=O) groups excluding carboxylic acids is 3. The number of β-lactam (4-membered cyclic amide) rings is 1. The lowest BCUT2D eigenvalue weighted by molar-refractivity contribution is -0.521. The van der Waals surface area contributed by atoms with Gasteiger partial charge in [0.1, 0.15) is 37.0 Å². The number of carbonyl (C=O) groups is 3. The molecule has 0 unspecified atom stereocenters. The summed E-state index contributed by atoms with van der Waals surface area (Å²) in [5, 5.41) is 19.8. The first kappa shape index (κ1) is 26.6. The number of amides is 2. The Hall–Kier alpha value is -3.95. The molecule has 0 saturated carbocycles. The maximum Gasteiger partial charge on any atom is 0.286 e. The predicted molar refractivity (Wildman–Crippen MR) is 142 cm³/mol. The van der Waals surface area contributed by atoms with Gasteiger partial charge in [0.05, 0.1) is 24.4 Å². The van der Waals surface area contributed by atoms with Gasteiger partial charge in [0.2, 0.25) is 0 Å². The molecule has 3 aromatic rings. The Morgan fingerprint density at radius 1 is 1.38 bits per heavy atom. The SMILES string of the molecule is CO/N=C(\C(=O)N[C@@H]1C(=O)N2C(C(=O)[O-])=C(Cn3cc(CN(C)C)[n+]4ccccc34)CS[C@H]12)c1csc(N)n1. The highest BCUT2D eigenvalue weighted by atomic mass is 32.2. The molecule has 3 N–H and O–H groups in total. The number of pyridine rings is 1. The summed E-state index contributed by atoms with van der Waals surface area (Å²) in [6.45, 7) is 0.954. The number of anilines is 1. The second kappa shape index (κ2) is 10.7. The highest BCUT2D eigenvalue weighted by Gasteiger charge is 2.53. The third-order valence-electron chi connectivity index (χ3n) is 6.28. The molecule has 2 aliphatic heterocycles. The highest BCUT2D eigenvalue weighted by Crippen LogP contribution is 2.40. The second-order valence-electron chi connectivity index (χ2n) is 9.21. The van der Waals surface area contributed by atoms with Gasteiger partial charge in [-0.15, -0.1) is 23.1 Å². The average Bonchev–Trinajstić information content (AvgIpc) is 3.48. The standard InChI is InChI=1S/C24H26N8O5S2/c1-29(2)9-14-10-30(16-6-4-5-7-31(14)16)8-13-11-38-22-18(21(34)32(22)19(13)23(35)36)27-20(33)17(28-37-3)15-12-39-24(25)26-15/h4-7,10,12,18,22H,8-9,11H2,1-3H3,(H3-,25,26,27,33,35,36)/b28-17-/t18-,22-/m1/s1. The van der Waals surface area contributed by atoms with Crippen molar-refractivity contribution in [1.29, 1.82) is 0 Å². The van der Waals surface area contributed by atoms with Gasteiger partial charge in [-0.25, -0.2) is 9.55 Å². The Bertz CT molecular complexity index is 1530. The summed E-state index contributed by atoms with van der Waals surface area (Å²) >= 11 is 2.50. The molecule has 2 amide bonds. The summed E-state index contributed by atoms with van der Waals surface area (Å²) in [7, 11) is 5.23. The fourth-order valence-electron chi connectivity index (χ4n) is 4.69. The number of aromatic nitrogens is 3. The molecule has 0 spiro atoms. The monoisotopic (exact) mass is 570 g/mol. The van der Waals surface area contributed by atoms with Crippen LogP contribution < -0.4 is 20.6 Å². The molecule has 204 valence electrons. The van der Waals surface area contributed by atoms with Gasteiger partial charge in [-0.2, -0.15) is 4.40 Å². The number of carboxylic acid groups (broad SMARTS) is 1. The molecule has 0 bridgehead atoms. The highest BCUT2D eigenvalue weighted by molar-refractivity contribution is 8.00. The summed E-state index contributed by atoms with van der Waals surface area (Å²) in [5.74, 6) is -2.33. The van der Waals surface area contributed by atoms with Crippen LogP contribution in [-0.2, 0) is 32.3 Å². The van der Waals surface area contributed by atoms with Gasteiger partial charge < -0.3 is 30.7 Å². The zero-order valence-electron chi connectivity index (χ0n) is 21.4. The number of carboxylic acids is 1. The number of oxime groups is 1. The molecule has 2 aliphatic rings.